The largest absolute Gasteiger partial charge is 0.337 e. The second-order valence-electron chi connectivity index (χ2n) is 5.24. The van der Waals surface area contributed by atoms with Gasteiger partial charge >= 0.3 is 0 Å². The fraction of sp³-hybridized carbons (Fsp3) is 0.400. The molecule has 1 aromatic heterocycles. The summed E-state index contributed by atoms with van der Waals surface area (Å²) in [5, 5.41) is 3.82. The zero-order chi connectivity index (χ0) is 14.1. The van der Waals surface area contributed by atoms with E-state index >= 15 is 0 Å². The number of nitrogens with zero attached hydrogens (tertiary/aromatic N) is 3. The smallest absolute Gasteiger partial charge is 0.249 e. The maximum absolute atomic E-state index is 12.1. The van der Waals surface area contributed by atoms with Gasteiger partial charge in [0.2, 0.25) is 11.8 Å². The van der Waals surface area contributed by atoms with Gasteiger partial charge in [-0.1, -0.05) is 35.0 Å². The molecule has 104 valence electrons. The molecule has 1 aliphatic rings. The lowest BCUT2D eigenvalue weighted by Crippen LogP contribution is -2.27. The first kappa shape index (κ1) is 12.8. The fourth-order valence-electron chi connectivity index (χ4n) is 2.53. The zero-order valence-electron chi connectivity index (χ0n) is 11.7. The molecule has 2 heterocycles. The van der Waals surface area contributed by atoms with Gasteiger partial charge in [0.1, 0.15) is 6.04 Å². The summed E-state index contributed by atoms with van der Waals surface area (Å²) in [4.78, 5) is 18.2. The molecule has 5 nitrogen and oxygen atoms in total. The van der Waals surface area contributed by atoms with Crippen LogP contribution in [0.25, 0.3) is 0 Å². The predicted molar refractivity (Wildman–Crippen MR) is 72.7 cm³/mol. The average Bonchev–Trinajstić information content (AvgIpc) is 3.00. The number of carbonyl (C=O) groups excluding carboxylic acids is 1. The monoisotopic (exact) mass is 271 g/mol. The normalized spacial score (nSPS) is 18.8. The Morgan fingerprint density at radius 3 is 2.70 bits per heavy atom. The third-order valence-corrected chi connectivity index (χ3v) is 3.63. The maximum atomic E-state index is 12.1. The van der Waals surface area contributed by atoms with E-state index in [-0.39, 0.29) is 11.9 Å². The van der Waals surface area contributed by atoms with Crippen molar-refractivity contribution in [1.29, 1.82) is 0 Å². The number of benzene rings is 1. The number of hydrogen-bond acceptors (Lipinski definition) is 4. The van der Waals surface area contributed by atoms with E-state index in [2.05, 4.69) is 41.3 Å². The number of rotatable bonds is 3. The van der Waals surface area contributed by atoms with Gasteiger partial charge in [-0.15, -0.1) is 0 Å². The minimum atomic E-state index is -0.0926. The third kappa shape index (κ3) is 2.43. The fourth-order valence-corrected chi connectivity index (χ4v) is 2.53. The summed E-state index contributed by atoms with van der Waals surface area (Å²) in [6.45, 7) is 4.42. The molecule has 0 bridgehead atoms. The average molecular weight is 271 g/mol. The minimum Gasteiger partial charge on any atom is -0.337 e. The Morgan fingerprint density at radius 2 is 2.05 bits per heavy atom. The molecule has 1 unspecified atom stereocenters. The molecule has 1 amide bonds. The van der Waals surface area contributed by atoms with Crippen molar-refractivity contribution in [1.82, 2.24) is 15.0 Å². The molecule has 0 aliphatic carbocycles. The van der Waals surface area contributed by atoms with E-state index in [9.17, 15) is 4.79 Å². The van der Waals surface area contributed by atoms with Crippen LogP contribution in [0.5, 0.6) is 0 Å². The van der Waals surface area contributed by atoms with Crippen LogP contribution in [-0.2, 0) is 11.3 Å². The molecule has 1 aromatic carbocycles. The van der Waals surface area contributed by atoms with Crippen molar-refractivity contribution in [2.45, 2.75) is 39.3 Å². The quantitative estimate of drug-likeness (QED) is 0.860. The van der Waals surface area contributed by atoms with Crippen LogP contribution < -0.4 is 0 Å². The van der Waals surface area contributed by atoms with E-state index in [0.29, 0.717) is 24.7 Å². The lowest BCUT2D eigenvalue weighted by atomic mass is 10.1. The van der Waals surface area contributed by atoms with Crippen molar-refractivity contribution in [3.63, 3.8) is 0 Å². The summed E-state index contributed by atoms with van der Waals surface area (Å²) in [5.74, 6) is 1.29. The summed E-state index contributed by atoms with van der Waals surface area (Å²) in [7, 11) is 0. The van der Waals surface area contributed by atoms with Gasteiger partial charge in [-0.3, -0.25) is 4.79 Å². The third-order valence-electron chi connectivity index (χ3n) is 3.63. The van der Waals surface area contributed by atoms with Crippen molar-refractivity contribution >= 4 is 5.91 Å². The van der Waals surface area contributed by atoms with Crippen molar-refractivity contribution in [2.75, 3.05) is 0 Å². The van der Waals surface area contributed by atoms with E-state index < -0.39 is 0 Å². The van der Waals surface area contributed by atoms with E-state index in [1.807, 2.05) is 4.90 Å². The van der Waals surface area contributed by atoms with E-state index in [1.165, 1.54) is 5.56 Å². The molecule has 0 spiro atoms. The molecule has 1 saturated heterocycles. The highest BCUT2D eigenvalue weighted by molar-refractivity contribution is 5.78. The summed E-state index contributed by atoms with van der Waals surface area (Å²) in [6.07, 6.45) is 1.28. The lowest BCUT2D eigenvalue weighted by Gasteiger charge is -2.22. The molecule has 0 saturated carbocycles. The maximum Gasteiger partial charge on any atom is 0.249 e. The SMILES string of the molecule is Cc1ccc(CN2C(=O)CCC2c2nc(C)no2)cc1. The minimum absolute atomic E-state index is 0.0926. The zero-order valence-corrected chi connectivity index (χ0v) is 11.7. The Bertz CT molecular complexity index is 618. The standard InChI is InChI=1S/C15H17N3O2/c1-10-3-5-12(6-4-10)9-18-13(7-8-14(18)19)15-16-11(2)17-20-15/h3-6,13H,7-9H2,1-2H3. The van der Waals surface area contributed by atoms with E-state index in [1.54, 1.807) is 6.92 Å². The number of amides is 1. The molecule has 1 fully saturated rings. The molecule has 3 rings (SSSR count). The van der Waals surface area contributed by atoms with Crippen molar-refractivity contribution in [3.8, 4) is 0 Å². The van der Waals surface area contributed by atoms with Crippen LogP contribution in [0.4, 0.5) is 0 Å². The number of likely N-dealkylation sites (tertiary alicyclic amines) is 1. The lowest BCUT2D eigenvalue weighted by molar-refractivity contribution is -0.129. The summed E-state index contributed by atoms with van der Waals surface area (Å²) < 4.78 is 5.23. The van der Waals surface area contributed by atoms with Gasteiger partial charge in [0.25, 0.3) is 0 Å². The van der Waals surface area contributed by atoms with Gasteiger partial charge < -0.3 is 9.42 Å². The van der Waals surface area contributed by atoms with Gasteiger partial charge in [-0.05, 0) is 25.8 Å². The van der Waals surface area contributed by atoms with Crippen LogP contribution in [0.1, 0.15) is 41.7 Å². The molecule has 1 aliphatic heterocycles. The van der Waals surface area contributed by atoms with Crippen LogP contribution in [-0.4, -0.2) is 20.9 Å². The number of aryl methyl sites for hydroxylation is 2. The predicted octanol–water partition coefficient (Wildman–Crippen LogP) is 2.55. The van der Waals surface area contributed by atoms with Gasteiger partial charge in [0, 0.05) is 13.0 Å². The first-order chi connectivity index (χ1) is 9.63. The first-order valence-electron chi connectivity index (χ1n) is 6.79. The van der Waals surface area contributed by atoms with E-state index in [4.69, 9.17) is 4.52 Å². The van der Waals surface area contributed by atoms with Crippen LogP contribution in [0.15, 0.2) is 28.8 Å². The first-order valence-corrected chi connectivity index (χ1v) is 6.79. The second-order valence-corrected chi connectivity index (χ2v) is 5.24. The molecule has 5 heteroatoms. The van der Waals surface area contributed by atoms with Crippen molar-refractivity contribution < 1.29 is 9.32 Å². The van der Waals surface area contributed by atoms with Gasteiger partial charge in [0.15, 0.2) is 5.82 Å². The Balaban J connectivity index is 1.82. The van der Waals surface area contributed by atoms with Gasteiger partial charge in [-0.2, -0.15) is 4.98 Å². The number of aromatic nitrogens is 2. The Labute approximate surface area is 117 Å². The number of hydrogen-bond donors (Lipinski definition) is 0. The molecular formula is C15H17N3O2. The molecular weight excluding hydrogens is 254 g/mol. The molecule has 0 radical (unpaired) electrons. The second kappa shape index (κ2) is 5.07. The van der Waals surface area contributed by atoms with Crippen LogP contribution in [0.3, 0.4) is 0 Å². The summed E-state index contributed by atoms with van der Waals surface area (Å²) >= 11 is 0. The van der Waals surface area contributed by atoms with E-state index in [0.717, 1.165) is 12.0 Å². The van der Waals surface area contributed by atoms with Crippen LogP contribution >= 0.6 is 0 Å². The van der Waals surface area contributed by atoms with Crippen LogP contribution in [0.2, 0.25) is 0 Å². The highest BCUT2D eigenvalue weighted by atomic mass is 16.5. The molecule has 1 atom stereocenters. The van der Waals surface area contributed by atoms with Gasteiger partial charge in [-0.25, -0.2) is 0 Å². The van der Waals surface area contributed by atoms with Gasteiger partial charge in [0.05, 0.1) is 0 Å². The Kier molecular flexibility index (Phi) is 3.26. The number of carbonyl (C=O) groups is 1. The molecule has 20 heavy (non-hydrogen) atoms. The van der Waals surface area contributed by atoms with Crippen LogP contribution in [0, 0.1) is 13.8 Å². The van der Waals surface area contributed by atoms with Crippen molar-refractivity contribution in [2.24, 2.45) is 0 Å². The molecule has 2 aromatic rings. The Morgan fingerprint density at radius 1 is 1.30 bits per heavy atom. The highest BCUT2D eigenvalue weighted by Gasteiger charge is 2.35. The summed E-state index contributed by atoms with van der Waals surface area (Å²) in [6, 6.07) is 8.13. The molecule has 0 N–H and O–H groups in total. The highest BCUT2D eigenvalue weighted by Crippen LogP contribution is 2.33. The summed E-state index contributed by atoms with van der Waals surface area (Å²) in [5.41, 5.74) is 2.33. The topological polar surface area (TPSA) is 59.2 Å². The Hall–Kier alpha value is -2.17. The van der Waals surface area contributed by atoms with Crippen molar-refractivity contribution in [3.05, 3.63) is 47.1 Å².